The molecule has 1 heterocycles. The smallest absolute Gasteiger partial charge is 0.0134 e. The molecule has 0 aliphatic carbocycles. The zero-order valence-corrected chi connectivity index (χ0v) is 9.16. The van der Waals surface area contributed by atoms with Crippen LogP contribution in [0.15, 0.2) is 24.8 Å². The highest BCUT2D eigenvalue weighted by molar-refractivity contribution is 7.11. The zero-order valence-electron chi connectivity index (χ0n) is 8.34. The predicted molar refractivity (Wildman–Crippen MR) is 60.4 cm³/mol. The number of hydrogen-bond donors (Lipinski definition) is 1. The van der Waals surface area contributed by atoms with E-state index in [-0.39, 0.29) is 0 Å². The van der Waals surface area contributed by atoms with E-state index in [0.29, 0.717) is 6.04 Å². The average molecular weight is 195 g/mol. The van der Waals surface area contributed by atoms with Crippen molar-refractivity contribution in [1.82, 2.24) is 5.32 Å². The van der Waals surface area contributed by atoms with Crippen molar-refractivity contribution in [1.29, 1.82) is 0 Å². The fraction of sp³-hybridized carbons (Fsp3) is 0.455. The summed E-state index contributed by atoms with van der Waals surface area (Å²) in [5.41, 5.74) is 0. The van der Waals surface area contributed by atoms with Crippen LogP contribution in [0.1, 0.15) is 16.7 Å². The van der Waals surface area contributed by atoms with Crippen LogP contribution < -0.4 is 5.32 Å². The van der Waals surface area contributed by atoms with Crippen molar-refractivity contribution < 1.29 is 0 Å². The molecule has 1 unspecified atom stereocenters. The minimum atomic E-state index is 0.538. The lowest BCUT2D eigenvalue weighted by atomic mass is 10.2. The highest BCUT2D eigenvalue weighted by Gasteiger charge is 2.03. The van der Waals surface area contributed by atoms with E-state index in [1.165, 1.54) is 9.75 Å². The van der Waals surface area contributed by atoms with Crippen molar-refractivity contribution >= 4 is 11.3 Å². The van der Waals surface area contributed by atoms with Gasteiger partial charge >= 0.3 is 0 Å². The molecule has 0 radical (unpaired) electrons. The summed E-state index contributed by atoms with van der Waals surface area (Å²) in [5.74, 6) is 0. The highest BCUT2D eigenvalue weighted by atomic mass is 32.1. The Balaban J connectivity index is 2.35. The molecule has 1 rings (SSSR count). The van der Waals surface area contributed by atoms with Crippen LogP contribution in [0.2, 0.25) is 0 Å². The molecule has 0 aromatic carbocycles. The molecule has 13 heavy (non-hydrogen) atoms. The van der Waals surface area contributed by atoms with Crippen molar-refractivity contribution in [2.75, 3.05) is 6.54 Å². The minimum Gasteiger partial charge on any atom is -0.310 e. The lowest BCUT2D eigenvalue weighted by Crippen LogP contribution is -2.27. The second-order valence-corrected chi connectivity index (χ2v) is 4.69. The van der Waals surface area contributed by atoms with Gasteiger partial charge in [-0.2, -0.15) is 0 Å². The van der Waals surface area contributed by atoms with Gasteiger partial charge in [-0.15, -0.1) is 17.9 Å². The Morgan fingerprint density at radius 3 is 2.92 bits per heavy atom. The van der Waals surface area contributed by atoms with Gasteiger partial charge in [-0.05, 0) is 32.4 Å². The van der Waals surface area contributed by atoms with Crippen molar-refractivity contribution in [2.24, 2.45) is 0 Å². The Hall–Kier alpha value is -0.600. The van der Waals surface area contributed by atoms with Crippen molar-refractivity contribution in [2.45, 2.75) is 26.3 Å². The maximum absolute atomic E-state index is 3.68. The molecule has 72 valence electrons. The van der Waals surface area contributed by atoms with Crippen LogP contribution in [0.3, 0.4) is 0 Å². The first-order chi connectivity index (χ1) is 6.22. The second-order valence-electron chi connectivity index (χ2n) is 3.31. The van der Waals surface area contributed by atoms with Gasteiger partial charge in [0, 0.05) is 22.3 Å². The third-order valence-electron chi connectivity index (χ3n) is 1.91. The molecule has 1 aromatic rings. The van der Waals surface area contributed by atoms with Gasteiger partial charge in [0.1, 0.15) is 0 Å². The number of nitrogens with one attached hydrogen (secondary N) is 1. The van der Waals surface area contributed by atoms with E-state index in [1.54, 1.807) is 0 Å². The summed E-state index contributed by atoms with van der Waals surface area (Å²) >= 11 is 1.88. The summed E-state index contributed by atoms with van der Waals surface area (Å²) < 4.78 is 0. The van der Waals surface area contributed by atoms with Gasteiger partial charge in [0.25, 0.3) is 0 Å². The van der Waals surface area contributed by atoms with E-state index in [2.05, 4.69) is 37.9 Å². The molecule has 0 amide bonds. The number of hydrogen-bond acceptors (Lipinski definition) is 2. The topological polar surface area (TPSA) is 12.0 Å². The lowest BCUT2D eigenvalue weighted by Gasteiger charge is -2.10. The van der Waals surface area contributed by atoms with E-state index in [0.717, 1.165) is 13.0 Å². The molecular formula is C11H17NS. The summed E-state index contributed by atoms with van der Waals surface area (Å²) in [6, 6.07) is 4.93. The van der Waals surface area contributed by atoms with Gasteiger partial charge in [-0.3, -0.25) is 0 Å². The quantitative estimate of drug-likeness (QED) is 0.712. The molecule has 1 N–H and O–H groups in total. The zero-order chi connectivity index (χ0) is 9.68. The molecule has 0 spiro atoms. The van der Waals surface area contributed by atoms with E-state index in [4.69, 9.17) is 0 Å². The molecule has 0 saturated heterocycles. The molecule has 0 aliphatic rings. The normalized spacial score (nSPS) is 12.8. The third kappa shape index (κ3) is 3.75. The molecule has 0 aliphatic heterocycles. The molecule has 2 heteroatoms. The van der Waals surface area contributed by atoms with E-state index in [1.807, 2.05) is 17.4 Å². The van der Waals surface area contributed by atoms with Crippen LogP contribution in [0, 0.1) is 6.92 Å². The minimum absolute atomic E-state index is 0.538. The van der Waals surface area contributed by atoms with Crippen LogP contribution in [0.25, 0.3) is 0 Å². The van der Waals surface area contributed by atoms with Crippen LogP contribution >= 0.6 is 11.3 Å². The Morgan fingerprint density at radius 1 is 1.62 bits per heavy atom. The fourth-order valence-electron chi connectivity index (χ4n) is 1.25. The second kappa shape index (κ2) is 5.20. The SMILES string of the molecule is C=CCNC(C)Cc1ccc(C)s1. The molecular weight excluding hydrogens is 178 g/mol. The Kier molecular flexibility index (Phi) is 4.19. The molecule has 1 nitrogen and oxygen atoms in total. The maximum Gasteiger partial charge on any atom is 0.0134 e. The van der Waals surface area contributed by atoms with E-state index >= 15 is 0 Å². The first kappa shape index (κ1) is 10.5. The first-order valence-corrected chi connectivity index (χ1v) is 5.43. The van der Waals surface area contributed by atoms with E-state index in [9.17, 15) is 0 Å². The summed E-state index contributed by atoms with van der Waals surface area (Å²) in [4.78, 5) is 2.85. The lowest BCUT2D eigenvalue weighted by molar-refractivity contribution is 0.585. The van der Waals surface area contributed by atoms with E-state index < -0.39 is 0 Å². The van der Waals surface area contributed by atoms with Gasteiger partial charge in [0.2, 0.25) is 0 Å². The summed E-state index contributed by atoms with van der Waals surface area (Å²) in [6.45, 7) is 8.93. The first-order valence-electron chi connectivity index (χ1n) is 4.62. The van der Waals surface area contributed by atoms with Crippen LogP contribution in [0.4, 0.5) is 0 Å². The number of rotatable bonds is 5. The Morgan fingerprint density at radius 2 is 2.38 bits per heavy atom. The Bertz CT molecular complexity index is 265. The van der Waals surface area contributed by atoms with Gasteiger partial charge < -0.3 is 5.32 Å². The van der Waals surface area contributed by atoms with Crippen LogP contribution in [0.5, 0.6) is 0 Å². The maximum atomic E-state index is 3.68. The monoisotopic (exact) mass is 195 g/mol. The van der Waals surface area contributed by atoms with Gasteiger partial charge in [0.15, 0.2) is 0 Å². The predicted octanol–water partition coefficient (Wildman–Crippen LogP) is 2.76. The highest BCUT2D eigenvalue weighted by Crippen LogP contribution is 2.16. The van der Waals surface area contributed by atoms with Crippen molar-refractivity contribution in [3.63, 3.8) is 0 Å². The summed E-state index contributed by atoms with van der Waals surface area (Å²) in [5, 5.41) is 3.38. The molecule has 0 saturated carbocycles. The van der Waals surface area contributed by atoms with Gasteiger partial charge in [0.05, 0.1) is 0 Å². The molecule has 1 aromatic heterocycles. The number of aryl methyl sites for hydroxylation is 1. The van der Waals surface area contributed by atoms with Gasteiger partial charge in [-0.1, -0.05) is 6.08 Å². The van der Waals surface area contributed by atoms with Crippen LogP contribution in [-0.4, -0.2) is 12.6 Å². The summed E-state index contributed by atoms with van der Waals surface area (Å²) in [7, 11) is 0. The third-order valence-corrected chi connectivity index (χ3v) is 2.94. The van der Waals surface area contributed by atoms with Crippen LogP contribution in [-0.2, 0) is 6.42 Å². The number of thiophene rings is 1. The fourth-order valence-corrected chi connectivity index (χ4v) is 2.27. The molecule has 0 bridgehead atoms. The molecule has 1 atom stereocenters. The van der Waals surface area contributed by atoms with Crippen molar-refractivity contribution in [3.05, 3.63) is 34.5 Å². The Labute approximate surface area is 84.5 Å². The standard InChI is InChI=1S/C11H17NS/c1-4-7-12-9(2)8-11-6-5-10(3)13-11/h4-6,9,12H,1,7-8H2,2-3H3. The molecule has 0 fully saturated rings. The largest absolute Gasteiger partial charge is 0.310 e. The van der Waals surface area contributed by atoms with Crippen molar-refractivity contribution in [3.8, 4) is 0 Å². The van der Waals surface area contributed by atoms with Gasteiger partial charge in [-0.25, -0.2) is 0 Å². The summed E-state index contributed by atoms with van der Waals surface area (Å²) in [6.07, 6.45) is 3.02. The average Bonchev–Trinajstić information content (AvgIpc) is 2.48.